The van der Waals surface area contributed by atoms with Crippen LogP contribution in [-0.2, 0) is 0 Å². The summed E-state index contributed by atoms with van der Waals surface area (Å²) in [5.41, 5.74) is 1.63. The highest BCUT2D eigenvalue weighted by molar-refractivity contribution is 9.09. The molecule has 0 saturated heterocycles. The number of aryl methyl sites for hydroxylation is 1. The monoisotopic (exact) mass is 343 g/mol. The van der Waals surface area contributed by atoms with Gasteiger partial charge in [0.25, 0.3) is 5.91 Å². The van der Waals surface area contributed by atoms with Crippen molar-refractivity contribution in [1.82, 2.24) is 5.32 Å². The predicted octanol–water partition coefficient (Wildman–Crippen LogP) is 4.47. The molecule has 0 bridgehead atoms. The molecule has 2 rings (SSSR count). The first-order valence-electron chi connectivity index (χ1n) is 6.79. The van der Waals surface area contributed by atoms with Gasteiger partial charge in [-0.2, -0.15) is 0 Å². The first kappa shape index (κ1) is 14.9. The van der Waals surface area contributed by atoms with Gasteiger partial charge < -0.3 is 5.32 Å². The third-order valence-electron chi connectivity index (χ3n) is 3.62. The lowest BCUT2D eigenvalue weighted by atomic mass is 10.1. The van der Waals surface area contributed by atoms with Gasteiger partial charge in [0.2, 0.25) is 0 Å². The maximum absolute atomic E-state index is 12.3. The normalized spacial score (nSPS) is 23.7. The Kier molecular flexibility index (Phi) is 5.28. The molecule has 2 atom stereocenters. The van der Waals surface area contributed by atoms with E-state index in [4.69, 9.17) is 11.6 Å². The molecule has 19 heavy (non-hydrogen) atoms. The molecule has 0 aromatic heterocycles. The lowest BCUT2D eigenvalue weighted by Gasteiger charge is -2.21. The van der Waals surface area contributed by atoms with Gasteiger partial charge in [0, 0.05) is 10.9 Å². The van der Waals surface area contributed by atoms with Gasteiger partial charge in [0.05, 0.1) is 10.6 Å². The first-order valence-corrected chi connectivity index (χ1v) is 8.08. The molecule has 1 aromatic rings. The van der Waals surface area contributed by atoms with Gasteiger partial charge in [-0.3, -0.25) is 4.79 Å². The molecule has 1 amide bonds. The van der Waals surface area contributed by atoms with Crippen molar-refractivity contribution in [2.24, 2.45) is 0 Å². The molecule has 0 heterocycles. The van der Waals surface area contributed by atoms with Crippen molar-refractivity contribution in [1.29, 1.82) is 0 Å². The lowest BCUT2D eigenvalue weighted by Crippen LogP contribution is -2.40. The van der Waals surface area contributed by atoms with Crippen molar-refractivity contribution in [3.8, 4) is 0 Å². The van der Waals surface area contributed by atoms with E-state index < -0.39 is 0 Å². The molecule has 1 aromatic carbocycles. The van der Waals surface area contributed by atoms with Crippen molar-refractivity contribution < 1.29 is 4.79 Å². The average molecular weight is 345 g/mol. The fourth-order valence-electron chi connectivity index (χ4n) is 2.48. The van der Waals surface area contributed by atoms with Crippen LogP contribution in [0.1, 0.15) is 48.0 Å². The van der Waals surface area contributed by atoms with Crippen LogP contribution in [0.15, 0.2) is 18.2 Å². The number of carbonyl (C=O) groups is 1. The molecule has 0 radical (unpaired) electrons. The fraction of sp³-hybridized carbons (Fsp3) is 0.533. The zero-order chi connectivity index (χ0) is 13.8. The van der Waals surface area contributed by atoms with Crippen molar-refractivity contribution >= 4 is 33.4 Å². The summed E-state index contributed by atoms with van der Waals surface area (Å²) in [7, 11) is 0. The molecule has 1 fully saturated rings. The molecule has 104 valence electrons. The number of alkyl halides is 1. The summed E-state index contributed by atoms with van der Waals surface area (Å²) in [6.45, 7) is 1.97. The number of benzene rings is 1. The second kappa shape index (κ2) is 6.76. The number of rotatable bonds is 2. The third kappa shape index (κ3) is 3.96. The van der Waals surface area contributed by atoms with Crippen molar-refractivity contribution in [2.45, 2.75) is 49.9 Å². The van der Waals surface area contributed by atoms with E-state index in [-0.39, 0.29) is 11.9 Å². The maximum Gasteiger partial charge on any atom is 0.253 e. The quantitative estimate of drug-likeness (QED) is 0.622. The minimum atomic E-state index is -0.0682. The molecule has 2 unspecified atom stereocenters. The Morgan fingerprint density at radius 3 is 2.79 bits per heavy atom. The van der Waals surface area contributed by atoms with Crippen LogP contribution in [-0.4, -0.2) is 16.8 Å². The lowest BCUT2D eigenvalue weighted by molar-refractivity contribution is 0.0935. The highest BCUT2D eigenvalue weighted by Crippen LogP contribution is 2.25. The Labute approximate surface area is 128 Å². The van der Waals surface area contributed by atoms with Crippen LogP contribution >= 0.6 is 27.5 Å². The highest BCUT2D eigenvalue weighted by Gasteiger charge is 2.24. The van der Waals surface area contributed by atoms with E-state index in [0.29, 0.717) is 15.4 Å². The van der Waals surface area contributed by atoms with Crippen molar-refractivity contribution in [2.75, 3.05) is 0 Å². The van der Waals surface area contributed by atoms with Gasteiger partial charge >= 0.3 is 0 Å². The Morgan fingerprint density at radius 1 is 1.32 bits per heavy atom. The molecular weight excluding hydrogens is 326 g/mol. The number of nitrogens with one attached hydrogen (secondary N) is 1. The first-order chi connectivity index (χ1) is 9.08. The van der Waals surface area contributed by atoms with Crippen LogP contribution in [0.25, 0.3) is 0 Å². The summed E-state index contributed by atoms with van der Waals surface area (Å²) in [4.78, 5) is 12.7. The van der Waals surface area contributed by atoms with E-state index in [1.165, 1.54) is 19.3 Å². The van der Waals surface area contributed by atoms with Crippen LogP contribution in [0.4, 0.5) is 0 Å². The number of carbonyl (C=O) groups excluding carboxylic acids is 1. The number of hydrogen-bond donors (Lipinski definition) is 1. The molecule has 1 saturated carbocycles. The SMILES string of the molecule is Cc1ccc(C(=O)NC2CCCCCC2Br)c(Cl)c1. The molecule has 1 aliphatic rings. The third-order valence-corrected chi connectivity index (χ3v) is 5.03. The van der Waals surface area contributed by atoms with E-state index in [9.17, 15) is 4.79 Å². The average Bonchev–Trinajstić information content (AvgIpc) is 2.55. The Balaban J connectivity index is 2.07. The molecule has 2 nitrogen and oxygen atoms in total. The number of halogens is 2. The summed E-state index contributed by atoms with van der Waals surface area (Å²) in [6, 6.07) is 5.74. The number of amides is 1. The largest absolute Gasteiger partial charge is 0.348 e. The van der Waals surface area contributed by atoms with E-state index >= 15 is 0 Å². The van der Waals surface area contributed by atoms with E-state index in [2.05, 4.69) is 21.2 Å². The Morgan fingerprint density at radius 2 is 2.05 bits per heavy atom. The van der Waals surface area contributed by atoms with E-state index in [1.54, 1.807) is 6.07 Å². The summed E-state index contributed by atoms with van der Waals surface area (Å²) in [5, 5.41) is 3.64. The van der Waals surface area contributed by atoms with E-state index in [0.717, 1.165) is 18.4 Å². The molecule has 1 aliphatic carbocycles. The molecule has 0 aliphatic heterocycles. The van der Waals surface area contributed by atoms with Crippen molar-refractivity contribution in [3.05, 3.63) is 34.3 Å². The summed E-state index contributed by atoms with van der Waals surface area (Å²) < 4.78 is 0. The van der Waals surface area contributed by atoms with Crippen LogP contribution in [0, 0.1) is 6.92 Å². The summed E-state index contributed by atoms with van der Waals surface area (Å²) >= 11 is 9.83. The van der Waals surface area contributed by atoms with E-state index in [1.807, 2.05) is 19.1 Å². The Bertz CT molecular complexity index is 463. The fourth-order valence-corrected chi connectivity index (χ4v) is 3.52. The summed E-state index contributed by atoms with van der Waals surface area (Å²) in [5.74, 6) is -0.0682. The van der Waals surface area contributed by atoms with Crippen LogP contribution in [0.2, 0.25) is 5.02 Å². The minimum Gasteiger partial charge on any atom is -0.348 e. The minimum absolute atomic E-state index is 0.0682. The van der Waals surface area contributed by atoms with Gasteiger partial charge in [-0.15, -0.1) is 0 Å². The zero-order valence-electron chi connectivity index (χ0n) is 11.1. The molecular formula is C15H19BrClNO. The van der Waals surface area contributed by atoms with Crippen LogP contribution in [0.5, 0.6) is 0 Å². The van der Waals surface area contributed by atoms with Gasteiger partial charge in [-0.05, 0) is 37.5 Å². The predicted molar refractivity (Wildman–Crippen MR) is 83.2 cm³/mol. The summed E-state index contributed by atoms with van der Waals surface area (Å²) in [6.07, 6.45) is 5.81. The molecule has 1 N–H and O–H groups in total. The van der Waals surface area contributed by atoms with Gasteiger partial charge in [0.1, 0.15) is 0 Å². The zero-order valence-corrected chi connectivity index (χ0v) is 13.4. The van der Waals surface area contributed by atoms with Gasteiger partial charge in [0.15, 0.2) is 0 Å². The second-order valence-corrected chi connectivity index (χ2v) is 6.80. The standard InChI is InChI=1S/C15H19BrClNO/c1-10-7-8-11(13(17)9-10)15(19)18-14-6-4-2-3-5-12(14)16/h7-9,12,14H,2-6H2,1H3,(H,18,19). The van der Waals surface area contributed by atoms with Crippen molar-refractivity contribution in [3.63, 3.8) is 0 Å². The second-order valence-electron chi connectivity index (χ2n) is 5.22. The topological polar surface area (TPSA) is 29.1 Å². The van der Waals surface area contributed by atoms with Gasteiger partial charge in [-0.1, -0.05) is 52.9 Å². The molecule has 0 spiro atoms. The van der Waals surface area contributed by atoms with Crippen LogP contribution in [0.3, 0.4) is 0 Å². The smallest absolute Gasteiger partial charge is 0.253 e. The maximum atomic E-state index is 12.3. The van der Waals surface area contributed by atoms with Crippen LogP contribution < -0.4 is 5.32 Å². The van der Waals surface area contributed by atoms with Gasteiger partial charge in [-0.25, -0.2) is 0 Å². The molecule has 4 heteroatoms. The Hall–Kier alpha value is -0.540. The number of hydrogen-bond acceptors (Lipinski definition) is 1. The highest BCUT2D eigenvalue weighted by atomic mass is 79.9.